The summed E-state index contributed by atoms with van der Waals surface area (Å²) < 4.78 is 6.78. The number of rotatable bonds is 6. The number of likely N-dealkylation sites (tertiary alicyclic amines) is 1. The number of esters is 1. The molecule has 0 bridgehead atoms. The van der Waals surface area contributed by atoms with Crippen LogP contribution in [0.3, 0.4) is 0 Å². The standard InChI is InChI=1S/C23H30N4O4/c1-16(2)20(25-23(30)24-17-8-5-4-6-9-17)21(28)26-14-11-18(12-15-26)27-13-7-10-19(27)22(29)31-3/h4-10,13,16,18,20H,11-12,14-15H2,1-3H3,(H2,24,25,30). The predicted molar refractivity (Wildman–Crippen MR) is 118 cm³/mol. The number of hydrogen-bond acceptors (Lipinski definition) is 4. The number of hydrogen-bond donors (Lipinski definition) is 2. The van der Waals surface area contributed by atoms with E-state index in [1.54, 1.807) is 23.1 Å². The fourth-order valence-corrected chi connectivity index (χ4v) is 3.89. The number of carbonyl (C=O) groups excluding carboxylic acids is 3. The summed E-state index contributed by atoms with van der Waals surface area (Å²) in [6, 6.07) is 11.8. The first-order valence-corrected chi connectivity index (χ1v) is 10.6. The molecule has 1 saturated heterocycles. The van der Waals surface area contributed by atoms with E-state index < -0.39 is 12.1 Å². The molecule has 1 aromatic heterocycles. The van der Waals surface area contributed by atoms with Crippen molar-refractivity contribution in [1.82, 2.24) is 14.8 Å². The normalized spacial score (nSPS) is 15.4. The number of amides is 3. The maximum absolute atomic E-state index is 13.1. The highest BCUT2D eigenvalue weighted by Crippen LogP contribution is 2.26. The molecule has 1 fully saturated rings. The van der Waals surface area contributed by atoms with E-state index >= 15 is 0 Å². The lowest BCUT2D eigenvalue weighted by Gasteiger charge is -2.36. The van der Waals surface area contributed by atoms with Gasteiger partial charge in [-0.3, -0.25) is 4.79 Å². The maximum Gasteiger partial charge on any atom is 0.354 e. The maximum atomic E-state index is 13.1. The Labute approximate surface area is 182 Å². The van der Waals surface area contributed by atoms with Crippen molar-refractivity contribution in [1.29, 1.82) is 0 Å². The van der Waals surface area contributed by atoms with Gasteiger partial charge in [0, 0.05) is 31.0 Å². The van der Waals surface area contributed by atoms with E-state index in [4.69, 9.17) is 4.74 Å². The van der Waals surface area contributed by atoms with Crippen LogP contribution in [0.1, 0.15) is 43.2 Å². The van der Waals surface area contributed by atoms with Crippen molar-refractivity contribution in [2.75, 3.05) is 25.5 Å². The highest BCUT2D eigenvalue weighted by molar-refractivity contribution is 5.93. The molecule has 1 unspecified atom stereocenters. The minimum Gasteiger partial charge on any atom is -0.464 e. The van der Waals surface area contributed by atoms with Gasteiger partial charge in [0.2, 0.25) is 5.91 Å². The second-order valence-electron chi connectivity index (χ2n) is 8.03. The van der Waals surface area contributed by atoms with Crippen LogP contribution >= 0.6 is 0 Å². The molecule has 0 saturated carbocycles. The van der Waals surface area contributed by atoms with Gasteiger partial charge in [-0.2, -0.15) is 0 Å². The van der Waals surface area contributed by atoms with Crippen LogP contribution in [0.5, 0.6) is 0 Å². The molecule has 1 atom stereocenters. The molecule has 3 amide bonds. The van der Waals surface area contributed by atoms with Gasteiger partial charge in [0.25, 0.3) is 0 Å². The van der Waals surface area contributed by atoms with E-state index in [0.717, 1.165) is 12.8 Å². The van der Waals surface area contributed by atoms with Gasteiger partial charge in [-0.25, -0.2) is 9.59 Å². The predicted octanol–water partition coefficient (Wildman–Crippen LogP) is 3.28. The molecular formula is C23H30N4O4. The second-order valence-corrected chi connectivity index (χ2v) is 8.03. The van der Waals surface area contributed by atoms with Crippen LogP contribution < -0.4 is 10.6 Å². The highest BCUT2D eigenvalue weighted by Gasteiger charge is 2.32. The van der Waals surface area contributed by atoms with Crippen LogP contribution in [0.4, 0.5) is 10.5 Å². The Hall–Kier alpha value is -3.29. The van der Waals surface area contributed by atoms with Crippen LogP contribution in [-0.2, 0) is 9.53 Å². The summed E-state index contributed by atoms with van der Waals surface area (Å²) in [5, 5.41) is 5.59. The van der Waals surface area contributed by atoms with Crippen molar-refractivity contribution >= 4 is 23.6 Å². The number of ether oxygens (including phenoxy) is 1. The van der Waals surface area contributed by atoms with E-state index in [9.17, 15) is 14.4 Å². The molecular weight excluding hydrogens is 396 g/mol. The SMILES string of the molecule is COC(=O)c1cccn1C1CCN(C(=O)C(NC(=O)Nc2ccccc2)C(C)C)CC1. The van der Waals surface area contributed by atoms with Gasteiger partial charge < -0.3 is 24.8 Å². The molecule has 0 radical (unpaired) electrons. The zero-order valence-corrected chi connectivity index (χ0v) is 18.2. The summed E-state index contributed by atoms with van der Waals surface area (Å²) >= 11 is 0. The fraction of sp³-hybridized carbons (Fsp3) is 0.435. The summed E-state index contributed by atoms with van der Waals surface area (Å²) in [4.78, 5) is 39.3. The molecule has 2 aromatic rings. The first-order valence-electron chi connectivity index (χ1n) is 10.6. The number of para-hydroxylation sites is 1. The number of methoxy groups -OCH3 is 1. The fourth-order valence-electron chi connectivity index (χ4n) is 3.89. The van der Waals surface area contributed by atoms with Crippen molar-refractivity contribution in [3.8, 4) is 0 Å². The van der Waals surface area contributed by atoms with Gasteiger partial charge in [-0.15, -0.1) is 0 Å². The van der Waals surface area contributed by atoms with Crippen LogP contribution in [0.2, 0.25) is 0 Å². The van der Waals surface area contributed by atoms with E-state index in [1.165, 1.54) is 7.11 Å². The van der Waals surface area contributed by atoms with E-state index in [1.807, 2.05) is 48.9 Å². The van der Waals surface area contributed by atoms with Gasteiger partial charge in [-0.1, -0.05) is 32.0 Å². The average Bonchev–Trinajstić information content (AvgIpc) is 3.27. The summed E-state index contributed by atoms with van der Waals surface area (Å²) in [5.74, 6) is -0.503. The Kier molecular flexibility index (Phi) is 7.33. The van der Waals surface area contributed by atoms with Gasteiger partial charge in [0.15, 0.2) is 0 Å². The third kappa shape index (κ3) is 5.45. The van der Waals surface area contributed by atoms with Crippen molar-refractivity contribution in [3.63, 3.8) is 0 Å². The summed E-state index contributed by atoms with van der Waals surface area (Å²) in [6.07, 6.45) is 3.33. The number of piperidine rings is 1. The Morgan fingerprint density at radius 2 is 1.71 bits per heavy atom. The number of aromatic nitrogens is 1. The van der Waals surface area contributed by atoms with Gasteiger partial charge in [0.05, 0.1) is 7.11 Å². The zero-order valence-electron chi connectivity index (χ0n) is 18.2. The molecule has 1 aliphatic heterocycles. The Balaban J connectivity index is 1.59. The van der Waals surface area contributed by atoms with Gasteiger partial charge in [0.1, 0.15) is 11.7 Å². The molecule has 0 spiro atoms. The Bertz CT molecular complexity index is 901. The number of benzene rings is 1. The lowest BCUT2D eigenvalue weighted by molar-refractivity contribution is -0.135. The summed E-state index contributed by atoms with van der Waals surface area (Å²) in [5.41, 5.74) is 1.19. The smallest absolute Gasteiger partial charge is 0.354 e. The topological polar surface area (TPSA) is 92.7 Å². The van der Waals surface area contributed by atoms with E-state index in [0.29, 0.717) is 24.5 Å². The highest BCUT2D eigenvalue weighted by atomic mass is 16.5. The Morgan fingerprint density at radius 1 is 1.03 bits per heavy atom. The van der Waals surface area contributed by atoms with Crippen LogP contribution in [0.25, 0.3) is 0 Å². The molecule has 8 heteroatoms. The van der Waals surface area contributed by atoms with Crippen LogP contribution in [0.15, 0.2) is 48.7 Å². The molecule has 2 N–H and O–H groups in total. The summed E-state index contributed by atoms with van der Waals surface area (Å²) in [6.45, 7) is 4.96. The van der Waals surface area contributed by atoms with Crippen molar-refractivity contribution < 1.29 is 19.1 Å². The average molecular weight is 427 g/mol. The van der Waals surface area contributed by atoms with Crippen LogP contribution in [0, 0.1) is 5.92 Å². The van der Waals surface area contributed by atoms with Gasteiger partial charge in [-0.05, 0) is 43.0 Å². The number of carbonyl (C=O) groups is 3. The minimum absolute atomic E-state index is 0.0536. The van der Waals surface area contributed by atoms with E-state index in [2.05, 4.69) is 10.6 Å². The molecule has 2 heterocycles. The van der Waals surface area contributed by atoms with Crippen LogP contribution in [-0.4, -0.2) is 53.6 Å². The third-order valence-corrected chi connectivity index (χ3v) is 5.59. The molecule has 166 valence electrons. The van der Waals surface area contributed by atoms with Crippen molar-refractivity contribution in [2.24, 2.45) is 5.92 Å². The first kappa shape index (κ1) is 22.4. The largest absolute Gasteiger partial charge is 0.464 e. The first-order chi connectivity index (χ1) is 14.9. The number of nitrogens with one attached hydrogen (secondary N) is 2. The second kappa shape index (κ2) is 10.1. The molecule has 1 aromatic carbocycles. The number of nitrogens with zero attached hydrogens (tertiary/aromatic N) is 2. The lowest BCUT2D eigenvalue weighted by Crippen LogP contribution is -2.53. The Morgan fingerprint density at radius 3 is 2.32 bits per heavy atom. The van der Waals surface area contributed by atoms with Crippen molar-refractivity contribution in [2.45, 2.75) is 38.8 Å². The quantitative estimate of drug-likeness (QED) is 0.694. The van der Waals surface area contributed by atoms with Gasteiger partial charge >= 0.3 is 12.0 Å². The van der Waals surface area contributed by atoms with E-state index in [-0.39, 0.29) is 23.8 Å². The third-order valence-electron chi connectivity index (χ3n) is 5.59. The monoisotopic (exact) mass is 426 g/mol. The van der Waals surface area contributed by atoms with Crippen molar-refractivity contribution in [3.05, 3.63) is 54.4 Å². The molecule has 3 rings (SSSR count). The zero-order chi connectivity index (χ0) is 22.4. The summed E-state index contributed by atoms with van der Waals surface area (Å²) in [7, 11) is 1.37. The lowest BCUT2D eigenvalue weighted by atomic mass is 9.99. The molecule has 0 aliphatic carbocycles. The number of urea groups is 1. The molecule has 8 nitrogen and oxygen atoms in total. The molecule has 31 heavy (non-hydrogen) atoms. The number of anilines is 1. The minimum atomic E-state index is -0.613. The molecule has 1 aliphatic rings.